The van der Waals surface area contributed by atoms with Crippen LogP contribution in [0.3, 0.4) is 0 Å². The van der Waals surface area contributed by atoms with Gasteiger partial charge in [0.15, 0.2) is 0 Å². The van der Waals surface area contributed by atoms with Crippen molar-refractivity contribution in [2.24, 2.45) is 11.8 Å². The lowest BCUT2D eigenvalue weighted by Crippen LogP contribution is -2.48. The first-order valence-corrected chi connectivity index (χ1v) is 8.73. The molecule has 0 aliphatic carbocycles. The van der Waals surface area contributed by atoms with E-state index in [1.165, 1.54) is 0 Å². The predicted octanol–water partition coefficient (Wildman–Crippen LogP) is 0.965. The second kappa shape index (κ2) is 7.34. The van der Waals surface area contributed by atoms with Crippen molar-refractivity contribution in [1.29, 1.82) is 0 Å². The number of rotatable bonds is 4. The summed E-state index contributed by atoms with van der Waals surface area (Å²) in [6, 6.07) is 1.42. The first-order chi connectivity index (χ1) is 11.6. The molecule has 1 fully saturated rings. The number of carbonyl (C=O) groups is 2. The number of carbonyl (C=O) groups excluding carboxylic acids is 2. The van der Waals surface area contributed by atoms with Crippen molar-refractivity contribution < 1.29 is 14.3 Å². The summed E-state index contributed by atoms with van der Waals surface area (Å²) in [5, 5.41) is 7.34. The summed E-state index contributed by atoms with van der Waals surface area (Å²) in [5.74, 6) is 0.402. The zero-order valence-corrected chi connectivity index (χ0v) is 14.4. The Kier molecular flexibility index (Phi) is 5.18. The monoisotopic (exact) mass is 334 g/mol. The van der Waals surface area contributed by atoms with Gasteiger partial charge in [0.1, 0.15) is 6.04 Å². The third-order valence-electron chi connectivity index (χ3n) is 4.81. The van der Waals surface area contributed by atoms with Crippen LogP contribution in [0.15, 0.2) is 12.3 Å². The molecule has 1 N–H and O–H groups in total. The second-order valence-corrected chi connectivity index (χ2v) is 6.96. The highest BCUT2D eigenvalue weighted by Gasteiger charge is 2.33. The number of fused-ring (bicyclic) bond motifs is 1. The lowest BCUT2D eigenvalue weighted by Gasteiger charge is -2.34. The molecule has 0 unspecified atom stereocenters. The van der Waals surface area contributed by atoms with Gasteiger partial charge in [0.25, 0.3) is 0 Å². The highest BCUT2D eigenvalue weighted by molar-refractivity contribution is 5.83. The van der Waals surface area contributed by atoms with Gasteiger partial charge in [0.05, 0.1) is 18.8 Å². The van der Waals surface area contributed by atoms with E-state index in [4.69, 9.17) is 4.74 Å². The molecule has 0 spiro atoms. The van der Waals surface area contributed by atoms with E-state index in [9.17, 15) is 9.59 Å². The van der Waals surface area contributed by atoms with Gasteiger partial charge in [0.2, 0.25) is 11.8 Å². The van der Waals surface area contributed by atoms with Crippen LogP contribution < -0.4 is 5.32 Å². The van der Waals surface area contributed by atoms with E-state index < -0.39 is 6.04 Å². The van der Waals surface area contributed by atoms with Gasteiger partial charge in [-0.2, -0.15) is 5.10 Å². The van der Waals surface area contributed by atoms with Gasteiger partial charge in [-0.15, -0.1) is 0 Å². The normalized spacial score (nSPS) is 21.6. The number of hydrogen-bond donors (Lipinski definition) is 1. The Balaban J connectivity index is 1.66. The van der Waals surface area contributed by atoms with Gasteiger partial charge in [-0.1, -0.05) is 13.8 Å². The minimum Gasteiger partial charge on any atom is -0.381 e. The van der Waals surface area contributed by atoms with Gasteiger partial charge < -0.3 is 15.0 Å². The minimum absolute atomic E-state index is 0.0623. The molecule has 2 aliphatic heterocycles. The number of amides is 2. The van der Waals surface area contributed by atoms with Crippen molar-refractivity contribution in [3.05, 3.63) is 18.0 Å². The van der Waals surface area contributed by atoms with Gasteiger partial charge in [-0.25, -0.2) is 0 Å². The van der Waals surface area contributed by atoms with Crippen LogP contribution in [0.5, 0.6) is 0 Å². The summed E-state index contributed by atoms with van der Waals surface area (Å²) in [5.41, 5.74) is 0.904. The summed E-state index contributed by atoms with van der Waals surface area (Å²) in [4.78, 5) is 26.8. The average molecular weight is 334 g/mol. The highest BCUT2D eigenvalue weighted by atomic mass is 16.5. The molecule has 0 radical (unpaired) electrons. The molecule has 132 valence electrons. The molecule has 0 aromatic carbocycles. The van der Waals surface area contributed by atoms with E-state index in [-0.39, 0.29) is 17.7 Å². The van der Waals surface area contributed by atoms with Crippen LogP contribution in [0.1, 0.15) is 38.4 Å². The summed E-state index contributed by atoms with van der Waals surface area (Å²) in [7, 11) is 0. The molecule has 1 aromatic rings. The molecule has 1 atom stereocenters. The van der Waals surface area contributed by atoms with Gasteiger partial charge in [-0.05, 0) is 24.8 Å². The van der Waals surface area contributed by atoms with Gasteiger partial charge in [0, 0.05) is 31.9 Å². The largest absolute Gasteiger partial charge is 0.381 e. The zero-order valence-electron chi connectivity index (χ0n) is 14.4. The number of aromatic nitrogens is 2. The van der Waals surface area contributed by atoms with Crippen LogP contribution in [0.2, 0.25) is 0 Å². The van der Waals surface area contributed by atoms with Crippen LogP contribution in [0, 0.1) is 11.8 Å². The Morgan fingerprint density at radius 1 is 1.38 bits per heavy atom. The maximum Gasteiger partial charge on any atom is 0.246 e. The number of nitrogens with one attached hydrogen (secondary N) is 1. The van der Waals surface area contributed by atoms with Crippen LogP contribution in [-0.2, 0) is 20.9 Å². The van der Waals surface area contributed by atoms with Crippen LogP contribution in [-0.4, -0.2) is 52.8 Å². The molecule has 3 heterocycles. The maximum absolute atomic E-state index is 12.7. The molecule has 0 bridgehead atoms. The summed E-state index contributed by atoms with van der Waals surface area (Å²) < 4.78 is 7.10. The third kappa shape index (κ3) is 3.61. The lowest BCUT2D eigenvalue weighted by atomic mass is 10.0. The molecular formula is C17H26N4O3. The van der Waals surface area contributed by atoms with E-state index in [2.05, 4.69) is 10.4 Å². The molecule has 24 heavy (non-hydrogen) atoms. The quantitative estimate of drug-likeness (QED) is 0.890. The average Bonchev–Trinajstić information content (AvgIpc) is 3.07. The Hall–Kier alpha value is -1.89. The summed E-state index contributed by atoms with van der Waals surface area (Å²) >= 11 is 0. The summed E-state index contributed by atoms with van der Waals surface area (Å²) in [6.45, 7) is 6.86. The molecule has 0 saturated carbocycles. The van der Waals surface area contributed by atoms with Gasteiger partial charge >= 0.3 is 0 Å². The molecule has 7 nitrogen and oxygen atoms in total. The zero-order chi connectivity index (χ0) is 17.1. The highest BCUT2D eigenvalue weighted by Crippen LogP contribution is 2.22. The van der Waals surface area contributed by atoms with E-state index in [0.29, 0.717) is 25.6 Å². The molecule has 1 saturated heterocycles. The third-order valence-corrected chi connectivity index (χ3v) is 4.81. The molecule has 2 amide bonds. The van der Waals surface area contributed by atoms with Crippen molar-refractivity contribution in [2.75, 3.05) is 26.3 Å². The van der Waals surface area contributed by atoms with Crippen LogP contribution in [0.4, 0.5) is 0 Å². The van der Waals surface area contributed by atoms with E-state index >= 15 is 0 Å². The van der Waals surface area contributed by atoms with Crippen molar-refractivity contribution >= 4 is 11.8 Å². The first kappa shape index (κ1) is 17.0. The Morgan fingerprint density at radius 3 is 2.83 bits per heavy atom. The molecule has 3 rings (SSSR count). The topological polar surface area (TPSA) is 76.5 Å². The minimum atomic E-state index is -0.453. The van der Waals surface area contributed by atoms with Crippen molar-refractivity contribution in [1.82, 2.24) is 20.0 Å². The fourth-order valence-corrected chi connectivity index (χ4v) is 3.33. The van der Waals surface area contributed by atoms with E-state index in [0.717, 1.165) is 31.7 Å². The fourth-order valence-electron chi connectivity index (χ4n) is 3.33. The van der Waals surface area contributed by atoms with Gasteiger partial charge in [-0.3, -0.25) is 14.3 Å². The molecule has 1 aromatic heterocycles. The molecule has 7 heteroatoms. The van der Waals surface area contributed by atoms with Crippen LogP contribution in [0.25, 0.3) is 0 Å². The SMILES string of the molecule is CC(C)C(=O)N1Cc2ccnn2[C@H](C(=O)NCC2CCOCC2)C1. The van der Waals surface area contributed by atoms with Crippen LogP contribution >= 0.6 is 0 Å². The Labute approximate surface area is 142 Å². The first-order valence-electron chi connectivity index (χ1n) is 8.73. The maximum atomic E-state index is 12.7. The lowest BCUT2D eigenvalue weighted by molar-refractivity contribution is -0.138. The number of nitrogens with zero attached hydrogens (tertiary/aromatic N) is 3. The standard InChI is InChI=1S/C17H26N4O3/c1-12(2)17(23)20-10-14-3-6-19-21(14)15(11-20)16(22)18-9-13-4-7-24-8-5-13/h3,6,12-13,15H,4-5,7-11H2,1-2H3,(H,18,22)/t15-/m0/s1. The van der Waals surface area contributed by atoms with Crippen molar-refractivity contribution in [3.8, 4) is 0 Å². The second-order valence-electron chi connectivity index (χ2n) is 6.96. The fraction of sp³-hybridized carbons (Fsp3) is 0.706. The smallest absolute Gasteiger partial charge is 0.246 e. The van der Waals surface area contributed by atoms with E-state index in [1.54, 1.807) is 15.8 Å². The Morgan fingerprint density at radius 2 is 2.12 bits per heavy atom. The molecular weight excluding hydrogens is 308 g/mol. The van der Waals surface area contributed by atoms with E-state index in [1.807, 2.05) is 19.9 Å². The molecule has 2 aliphatic rings. The predicted molar refractivity (Wildman–Crippen MR) is 88.1 cm³/mol. The van der Waals surface area contributed by atoms with Crippen molar-refractivity contribution in [3.63, 3.8) is 0 Å². The number of hydrogen-bond acceptors (Lipinski definition) is 4. The number of ether oxygens (including phenoxy) is 1. The summed E-state index contributed by atoms with van der Waals surface area (Å²) in [6.07, 6.45) is 3.66. The van der Waals surface area contributed by atoms with Crippen molar-refractivity contribution in [2.45, 2.75) is 39.3 Å². The Bertz CT molecular complexity index is 592.